The smallest absolute Gasteiger partial charge is 0.303 e. The number of carboxylic acids is 1. The van der Waals surface area contributed by atoms with Crippen LogP contribution in [0.3, 0.4) is 0 Å². The van der Waals surface area contributed by atoms with Crippen LogP contribution in [0, 0.1) is 13.8 Å². The summed E-state index contributed by atoms with van der Waals surface area (Å²) in [4.78, 5) is 15.3. The van der Waals surface area contributed by atoms with Crippen LogP contribution in [-0.4, -0.2) is 35.3 Å². The molecule has 1 heterocycles. The summed E-state index contributed by atoms with van der Waals surface area (Å²) < 4.78 is 28.8. The Morgan fingerprint density at radius 2 is 1.88 bits per heavy atom. The van der Waals surface area contributed by atoms with Crippen LogP contribution < -0.4 is 0 Å². The standard InChI is InChI=1S/C25H27ClN2O4S/c1-17-16-27-13-12-22(17)21-8-4-7-20(15-21)19(3)28(14-6-11-25(29)30)33(31,32)24-10-5-9-23(26)18(24)2/h4-5,7-10,12-13,15-16,19H,6,11,14H2,1-3H3,(H,29,30). The second-order valence-corrected chi connectivity index (χ2v) is 10.2. The van der Waals surface area contributed by atoms with Gasteiger partial charge >= 0.3 is 5.97 Å². The van der Waals surface area contributed by atoms with Gasteiger partial charge in [-0.2, -0.15) is 4.31 Å². The van der Waals surface area contributed by atoms with Gasteiger partial charge in [-0.15, -0.1) is 0 Å². The van der Waals surface area contributed by atoms with Crippen LogP contribution in [0.25, 0.3) is 11.1 Å². The molecular formula is C25H27ClN2O4S. The summed E-state index contributed by atoms with van der Waals surface area (Å²) in [6.45, 7) is 5.53. The minimum atomic E-state index is -3.94. The summed E-state index contributed by atoms with van der Waals surface area (Å²) in [7, 11) is -3.94. The molecule has 0 aliphatic carbocycles. The van der Waals surface area contributed by atoms with E-state index >= 15 is 0 Å². The van der Waals surface area contributed by atoms with Gasteiger partial charge in [-0.05, 0) is 79.3 Å². The zero-order valence-corrected chi connectivity index (χ0v) is 20.4. The normalized spacial score (nSPS) is 12.6. The Bertz CT molecular complexity index is 1260. The zero-order valence-electron chi connectivity index (χ0n) is 18.8. The first kappa shape index (κ1) is 24.9. The van der Waals surface area contributed by atoms with E-state index in [1.54, 1.807) is 31.5 Å². The van der Waals surface area contributed by atoms with Crippen molar-refractivity contribution < 1.29 is 18.3 Å². The summed E-state index contributed by atoms with van der Waals surface area (Å²) in [5.41, 5.74) is 4.27. The van der Waals surface area contributed by atoms with E-state index in [9.17, 15) is 13.2 Å². The van der Waals surface area contributed by atoms with E-state index in [-0.39, 0.29) is 24.3 Å². The number of aliphatic carboxylic acids is 1. The number of pyridine rings is 1. The Hall–Kier alpha value is -2.74. The van der Waals surface area contributed by atoms with Crippen LogP contribution in [0.1, 0.15) is 42.5 Å². The number of halogens is 1. The lowest BCUT2D eigenvalue weighted by molar-refractivity contribution is -0.137. The minimum Gasteiger partial charge on any atom is -0.481 e. The van der Waals surface area contributed by atoms with Gasteiger partial charge in [0.25, 0.3) is 0 Å². The van der Waals surface area contributed by atoms with Crippen LogP contribution in [0.2, 0.25) is 5.02 Å². The molecule has 0 aliphatic heterocycles. The number of nitrogens with zero attached hydrogens (tertiary/aromatic N) is 2. The highest BCUT2D eigenvalue weighted by atomic mass is 35.5. The van der Waals surface area contributed by atoms with Crippen molar-refractivity contribution in [1.29, 1.82) is 0 Å². The molecule has 0 amide bonds. The molecule has 1 unspecified atom stereocenters. The van der Waals surface area contributed by atoms with Crippen molar-refractivity contribution in [3.8, 4) is 11.1 Å². The van der Waals surface area contributed by atoms with Crippen LogP contribution >= 0.6 is 11.6 Å². The van der Waals surface area contributed by atoms with E-state index in [2.05, 4.69) is 4.98 Å². The van der Waals surface area contributed by atoms with Gasteiger partial charge < -0.3 is 5.11 Å². The monoisotopic (exact) mass is 486 g/mol. The van der Waals surface area contributed by atoms with Crippen LogP contribution in [0.5, 0.6) is 0 Å². The summed E-state index contributed by atoms with van der Waals surface area (Å²) in [5, 5.41) is 9.45. The molecule has 8 heteroatoms. The maximum absolute atomic E-state index is 13.7. The molecule has 174 valence electrons. The number of hydrogen-bond acceptors (Lipinski definition) is 4. The zero-order chi connectivity index (χ0) is 24.2. The molecule has 3 rings (SSSR count). The number of sulfonamides is 1. The average Bonchev–Trinajstić information content (AvgIpc) is 2.78. The van der Waals surface area contributed by atoms with Gasteiger partial charge in [0.15, 0.2) is 0 Å². The number of aryl methyl sites for hydroxylation is 1. The first-order valence-electron chi connectivity index (χ1n) is 10.6. The Kier molecular flexibility index (Phi) is 7.89. The molecule has 0 radical (unpaired) electrons. The van der Waals surface area contributed by atoms with E-state index in [4.69, 9.17) is 16.7 Å². The number of carbonyl (C=O) groups is 1. The lowest BCUT2D eigenvalue weighted by Crippen LogP contribution is -2.35. The topological polar surface area (TPSA) is 87.6 Å². The van der Waals surface area contributed by atoms with E-state index < -0.39 is 22.0 Å². The fraction of sp³-hybridized carbons (Fsp3) is 0.280. The van der Waals surface area contributed by atoms with Gasteiger partial charge in [0.2, 0.25) is 10.0 Å². The SMILES string of the molecule is Cc1cnccc1-c1cccc(C(C)N(CCCC(=O)O)S(=O)(=O)c2cccc(Cl)c2C)c1. The summed E-state index contributed by atoms with van der Waals surface area (Å²) in [6.07, 6.45) is 3.59. The molecule has 1 aromatic heterocycles. The molecule has 0 spiro atoms. The number of aromatic nitrogens is 1. The maximum Gasteiger partial charge on any atom is 0.303 e. The van der Waals surface area contributed by atoms with Gasteiger partial charge in [0.05, 0.1) is 4.90 Å². The molecule has 0 aliphatic rings. The van der Waals surface area contributed by atoms with Crippen molar-refractivity contribution in [2.75, 3.05) is 6.54 Å². The molecule has 0 saturated heterocycles. The number of rotatable bonds is 9. The molecule has 0 bridgehead atoms. The predicted octanol–water partition coefficient (Wildman–Crippen LogP) is 5.64. The molecule has 0 saturated carbocycles. The van der Waals surface area contributed by atoms with Crippen LogP contribution in [0.4, 0.5) is 0 Å². The van der Waals surface area contributed by atoms with Crippen LogP contribution in [0.15, 0.2) is 65.8 Å². The Morgan fingerprint density at radius 3 is 2.58 bits per heavy atom. The maximum atomic E-state index is 13.7. The van der Waals surface area contributed by atoms with E-state index in [0.717, 1.165) is 22.3 Å². The molecule has 1 atom stereocenters. The van der Waals surface area contributed by atoms with Crippen molar-refractivity contribution in [1.82, 2.24) is 9.29 Å². The molecule has 3 aromatic rings. The molecule has 2 aromatic carbocycles. The minimum absolute atomic E-state index is 0.0697. The highest BCUT2D eigenvalue weighted by Crippen LogP contribution is 2.33. The van der Waals surface area contributed by atoms with E-state index in [0.29, 0.717) is 10.6 Å². The van der Waals surface area contributed by atoms with Gasteiger partial charge in [0.1, 0.15) is 0 Å². The third-order valence-corrected chi connectivity index (χ3v) is 8.23. The third kappa shape index (κ3) is 5.61. The summed E-state index contributed by atoms with van der Waals surface area (Å²) >= 11 is 6.20. The summed E-state index contributed by atoms with van der Waals surface area (Å²) in [5.74, 6) is -0.964. The van der Waals surface area contributed by atoms with Crippen molar-refractivity contribution >= 4 is 27.6 Å². The second kappa shape index (κ2) is 10.5. The van der Waals surface area contributed by atoms with Crippen molar-refractivity contribution in [2.24, 2.45) is 0 Å². The van der Waals surface area contributed by atoms with Crippen molar-refractivity contribution in [3.05, 3.63) is 82.6 Å². The number of benzene rings is 2. The van der Waals surface area contributed by atoms with Crippen molar-refractivity contribution in [2.45, 2.75) is 44.6 Å². The Balaban J connectivity index is 2.04. The van der Waals surface area contributed by atoms with Gasteiger partial charge in [0, 0.05) is 36.4 Å². The van der Waals surface area contributed by atoms with Crippen molar-refractivity contribution in [3.63, 3.8) is 0 Å². The Labute approximate surface area is 199 Å². The van der Waals surface area contributed by atoms with Gasteiger partial charge in [-0.1, -0.05) is 35.9 Å². The van der Waals surface area contributed by atoms with Crippen LogP contribution in [-0.2, 0) is 14.8 Å². The van der Waals surface area contributed by atoms with E-state index in [1.807, 2.05) is 44.2 Å². The summed E-state index contributed by atoms with van der Waals surface area (Å²) in [6, 6.07) is 13.9. The predicted molar refractivity (Wildman–Crippen MR) is 130 cm³/mol. The average molecular weight is 487 g/mol. The van der Waals surface area contributed by atoms with E-state index in [1.165, 1.54) is 10.4 Å². The molecule has 0 fully saturated rings. The lowest BCUT2D eigenvalue weighted by atomic mass is 9.98. The quantitative estimate of drug-likeness (QED) is 0.423. The number of hydrogen-bond donors (Lipinski definition) is 1. The molecular weight excluding hydrogens is 460 g/mol. The second-order valence-electron chi connectivity index (χ2n) is 7.97. The Morgan fingerprint density at radius 1 is 1.15 bits per heavy atom. The molecule has 1 N–H and O–H groups in total. The molecule has 6 nitrogen and oxygen atoms in total. The first-order chi connectivity index (χ1) is 15.6. The molecule has 33 heavy (non-hydrogen) atoms. The third-order valence-electron chi connectivity index (χ3n) is 5.71. The number of carboxylic acid groups (broad SMARTS) is 1. The lowest BCUT2D eigenvalue weighted by Gasteiger charge is -2.29. The fourth-order valence-corrected chi connectivity index (χ4v) is 5.97. The largest absolute Gasteiger partial charge is 0.481 e. The fourth-order valence-electron chi connectivity index (χ4n) is 3.83. The van der Waals surface area contributed by atoms with Gasteiger partial charge in [-0.25, -0.2) is 8.42 Å². The highest BCUT2D eigenvalue weighted by Gasteiger charge is 2.31. The first-order valence-corrected chi connectivity index (χ1v) is 12.4. The van der Waals surface area contributed by atoms with Gasteiger partial charge in [-0.3, -0.25) is 9.78 Å². The highest BCUT2D eigenvalue weighted by molar-refractivity contribution is 7.89.